The van der Waals surface area contributed by atoms with Crippen molar-refractivity contribution in [1.29, 1.82) is 0 Å². The minimum Gasteiger partial charge on any atom is -0.377 e. The van der Waals surface area contributed by atoms with Gasteiger partial charge in [-0.25, -0.2) is 9.98 Å². The molecule has 0 bridgehead atoms. The molecule has 2 aliphatic rings. The Morgan fingerprint density at radius 1 is 1.43 bits per heavy atom. The molecule has 0 radical (unpaired) electrons. The van der Waals surface area contributed by atoms with Crippen molar-refractivity contribution in [2.75, 3.05) is 13.2 Å². The Morgan fingerprint density at radius 3 is 2.87 bits per heavy atom. The summed E-state index contributed by atoms with van der Waals surface area (Å²) in [6.07, 6.45) is 1.55. The van der Waals surface area contributed by atoms with Crippen LogP contribution in [0.25, 0.3) is 0 Å². The first kappa shape index (κ1) is 16.7. The second kappa shape index (κ2) is 6.40. The number of nitrogens with one attached hydrogen (secondary N) is 2. The molecule has 23 heavy (non-hydrogen) atoms. The third kappa shape index (κ3) is 3.11. The lowest BCUT2D eigenvalue weighted by molar-refractivity contribution is -0.106. The number of rotatable bonds is 4. The quantitative estimate of drug-likeness (QED) is 0.655. The first-order valence-corrected chi connectivity index (χ1v) is 9.34. The number of aryl methyl sites for hydroxylation is 2. The minimum atomic E-state index is 0.161. The van der Waals surface area contributed by atoms with Gasteiger partial charge in [0.15, 0.2) is 5.96 Å². The highest BCUT2D eigenvalue weighted by atomic mass is 32.1. The molecule has 1 aromatic rings. The Kier molecular flexibility index (Phi) is 4.65. The molecule has 3 unspecified atom stereocenters. The number of nitrogens with zero attached hydrogens (tertiary/aromatic N) is 2. The summed E-state index contributed by atoms with van der Waals surface area (Å²) in [5, 5.41) is 8.14. The lowest BCUT2D eigenvalue weighted by Gasteiger charge is -2.54. The zero-order valence-electron chi connectivity index (χ0n) is 14.8. The maximum absolute atomic E-state index is 5.88. The predicted molar refractivity (Wildman–Crippen MR) is 95.0 cm³/mol. The largest absolute Gasteiger partial charge is 0.377 e. The van der Waals surface area contributed by atoms with Crippen LogP contribution >= 0.6 is 11.3 Å². The van der Waals surface area contributed by atoms with Gasteiger partial charge in [-0.3, -0.25) is 0 Å². The lowest BCUT2D eigenvalue weighted by Crippen LogP contribution is -2.67. The highest BCUT2D eigenvalue weighted by molar-refractivity contribution is 7.11. The standard InChI is InChI=1S/C17H28N4OS/c1-6-18-16(19-9-13-10(2)20-11(3)23-13)21-14-12-7-8-22-15(12)17(14,4)5/h12,14-15H,6-9H2,1-5H3,(H2,18,19,21). The van der Waals surface area contributed by atoms with E-state index in [1.807, 2.05) is 6.92 Å². The van der Waals surface area contributed by atoms with E-state index in [1.54, 1.807) is 11.3 Å². The van der Waals surface area contributed by atoms with Crippen molar-refractivity contribution in [3.05, 3.63) is 15.6 Å². The predicted octanol–water partition coefficient (Wildman–Crippen LogP) is 2.63. The normalized spacial score (nSPS) is 29.1. The number of guanidine groups is 1. The number of thiazole rings is 1. The average molecular weight is 337 g/mol. The first-order valence-electron chi connectivity index (χ1n) is 8.52. The van der Waals surface area contributed by atoms with Crippen LogP contribution in [0.4, 0.5) is 0 Å². The van der Waals surface area contributed by atoms with Crippen molar-refractivity contribution in [1.82, 2.24) is 15.6 Å². The van der Waals surface area contributed by atoms with Gasteiger partial charge in [0.2, 0.25) is 0 Å². The van der Waals surface area contributed by atoms with Crippen LogP contribution in [0.15, 0.2) is 4.99 Å². The molecule has 0 amide bonds. The van der Waals surface area contributed by atoms with E-state index in [1.165, 1.54) is 4.88 Å². The molecule has 3 atom stereocenters. The second-order valence-corrected chi connectivity index (χ2v) is 8.41. The average Bonchev–Trinajstić information content (AvgIpc) is 3.07. The third-order valence-electron chi connectivity index (χ3n) is 5.12. The number of hydrogen-bond acceptors (Lipinski definition) is 4. The number of hydrogen-bond donors (Lipinski definition) is 2. The Bertz CT molecular complexity index is 595. The molecule has 6 heteroatoms. The maximum Gasteiger partial charge on any atom is 0.191 e. The van der Waals surface area contributed by atoms with Crippen molar-refractivity contribution in [3.63, 3.8) is 0 Å². The van der Waals surface area contributed by atoms with Crippen LogP contribution in [-0.2, 0) is 11.3 Å². The van der Waals surface area contributed by atoms with Gasteiger partial charge in [-0.1, -0.05) is 13.8 Å². The van der Waals surface area contributed by atoms with Gasteiger partial charge in [0.25, 0.3) is 0 Å². The van der Waals surface area contributed by atoms with Gasteiger partial charge >= 0.3 is 0 Å². The summed E-state index contributed by atoms with van der Waals surface area (Å²) < 4.78 is 5.88. The molecule has 2 heterocycles. The fraction of sp³-hybridized carbons (Fsp3) is 0.765. The van der Waals surface area contributed by atoms with Crippen LogP contribution < -0.4 is 10.6 Å². The number of ether oxygens (including phenoxy) is 1. The summed E-state index contributed by atoms with van der Waals surface area (Å²) in [6, 6.07) is 0.428. The molecule has 1 aliphatic carbocycles. The Balaban J connectivity index is 1.69. The minimum absolute atomic E-state index is 0.161. The van der Waals surface area contributed by atoms with Crippen LogP contribution in [0.5, 0.6) is 0 Å². The molecule has 128 valence electrons. The van der Waals surface area contributed by atoms with Gasteiger partial charge in [0.05, 0.1) is 23.4 Å². The SMILES string of the molecule is CCNC(=NCc1sc(C)nc1C)NC1C2CCOC2C1(C)C. The lowest BCUT2D eigenvalue weighted by atomic mass is 9.57. The zero-order chi connectivity index (χ0) is 16.6. The van der Waals surface area contributed by atoms with E-state index in [4.69, 9.17) is 9.73 Å². The fourth-order valence-corrected chi connectivity index (χ4v) is 4.82. The molecule has 2 fully saturated rings. The zero-order valence-corrected chi connectivity index (χ0v) is 15.6. The van der Waals surface area contributed by atoms with Gasteiger partial charge < -0.3 is 15.4 Å². The van der Waals surface area contributed by atoms with Gasteiger partial charge in [-0.2, -0.15) is 0 Å². The van der Waals surface area contributed by atoms with Gasteiger partial charge in [-0.15, -0.1) is 11.3 Å². The van der Waals surface area contributed by atoms with E-state index in [9.17, 15) is 0 Å². The van der Waals surface area contributed by atoms with Crippen molar-refractivity contribution in [3.8, 4) is 0 Å². The molecule has 1 saturated heterocycles. The van der Waals surface area contributed by atoms with E-state index in [0.29, 0.717) is 24.6 Å². The second-order valence-electron chi connectivity index (χ2n) is 7.12. The topological polar surface area (TPSA) is 58.5 Å². The summed E-state index contributed by atoms with van der Waals surface area (Å²) in [4.78, 5) is 10.5. The number of aromatic nitrogens is 1. The molecule has 1 aliphatic heterocycles. The summed E-state index contributed by atoms with van der Waals surface area (Å²) >= 11 is 1.73. The van der Waals surface area contributed by atoms with E-state index < -0.39 is 0 Å². The highest BCUT2D eigenvalue weighted by Crippen LogP contribution is 2.52. The summed E-state index contributed by atoms with van der Waals surface area (Å²) in [7, 11) is 0. The van der Waals surface area contributed by atoms with Gasteiger partial charge in [0.1, 0.15) is 0 Å². The molecule has 2 N–H and O–H groups in total. The van der Waals surface area contributed by atoms with Gasteiger partial charge in [0, 0.05) is 35.4 Å². The Hall–Kier alpha value is -1.14. The molecular weight excluding hydrogens is 308 g/mol. The number of aliphatic imine (C=N–C) groups is 1. The van der Waals surface area contributed by atoms with Crippen molar-refractivity contribution in [2.45, 2.75) is 59.7 Å². The third-order valence-corrected chi connectivity index (χ3v) is 6.17. The van der Waals surface area contributed by atoms with E-state index in [-0.39, 0.29) is 5.41 Å². The van der Waals surface area contributed by atoms with Crippen molar-refractivity contribution >= 4 is 17.3 Å². The van der Waals surface area contributed by atoms with Gasteiger partial charge in [-0.05, 0) is 27.2 Å². The van der Waals surface area contributed by atoms with Crippen LogP contribution in [0.1, 0.15) is 42.8 Å². The Labute approximate surface area is 142 Å². The van der Waals surface area contributed by atoms with Crippen LogP contribution in [0, 0.1) is 25.2 Å². The first-order chi connectivity index (χ1) is 10.9. The highest BCUT2D eigenvalue weighted by Gasteiger charge is 2.59. The summed E-state index contributed by atoms with van der Waals surface area (Å²) in [5.74, 6) is 1.52. The molecule has 3 rings (SSSR count). The van der Waals surface area contributed by atoms with Crippen LogP contribution in [-0.4, -0.2) is 36.2 Å². The fourth-order valence-electron chi connectivity index (χ4n) is 3.96. The molecular formula is C17H28N4OS. The summed E-state index contributed by atoms with van der Waals surface area (Å²) in [5.41, 5.74) is 1.26. The van der Waals surface area contributed by atoms with Crippen LogP contribution in [0.3, 0.4) is 0 Å². The summed E-state index contributed by atoms with van der Waals surface area (Å²) in [6.45, 7) is 13.2. The maximum atomic E-state index is 5.88. The molecule has 0 aromatic carbocycles. The Morgan fingerprint density at radius 2 is 2.22 bits per heavy atom. The molecule has 0 spiro atoms. The molecule has 1 saturated carbocycles. The van der Waals surface area contributed by atoms with E-state index >= 15 is 0 Å². The van der Waals surface area contributed by atoms with Crippen molar-refractivity contribution < 1.29 is 4.74 Å². The monoisotopic (exact) mass is 336 g/mol. The van der Waals surface area contributed by atoms with E-state index in [2.05, 4.69) is 43.3 Å². The van der Waals surface area contributed by atoms with Crippen LogP contribution in [0.2, 0.25) is 0 Å². The van der Waals surface area contributed by atoms with Crippen molar-refractivity contribution in [2.24, 2.45) is 16.3 Å². The smallest absolute Gasteiger partial charge is 0.191 e. The number of fused-ring (bicyclic) bond motifs is 1. The molecule has 1 aromatic heterocycles. The van der Waals surface area contributed by atoms with E-state index in [0.717, 1.165) is 36.2 Å². The molecule has 5 nitrogen and oxygen atoms in total.